The van der Waals surface area contributed by atoms with E-state index in [1.54, 1.807) is 29.3 Å². The summed E-state index contributed by atoms with van der Waals surface area (Å²) in [4.78, 5) is 17.3. The fourth-order valence-corrected chi connectivity index (χ4v) is 2.43. The maximum atomic E-state index is 12.5. The molecule has 4 nitrogen and oxygen atoms in total. The predicted molar refractivity (Wildman–Crippen MR) is 84.7 cm³/mol. The Kier molecular flexibility index (Phi) is 5.18. The number of amides is 1. The second kappa shape index (κ2) is 7.09. The van der Waals surface area contributed by atoms with Crippen molar-refractivity contribution >= 4 is 21.8 Å². The normalized spacial score (nSPS) is 10.1. The minimum absolute atomic E-state index is 0.0214. The molecule has 0 aliphatic carbocycles. The van der Waals surface area contributed by atoms with Gasteiger partial charge in [0.1, 0.15) is 5.69 Å². The molecule has 2 rings (SSSR count). The quantitative estimate of drug-likeness (QED) is 0.897. The maximum Gasteiger partial charge on any atom is 0.270 e. The second-order valence-electron chi connectivity index (χ2n) is 4.77. The molecule has 0 unspecified atom stereocenters. The van der Waals surface area contributed by atoms with Crippen LogP contribution in [-0.4, -0.2) is 22.3 Å². The Balaban J connectivity index is 2.14. The number of carbonyl (C=O) groups is 1. The summed E-state index contributed by atoms with van der Waals surface area (Å²) in [5.74, 6) is -0.0214. The van der Waals surface area contributed by atoms with Crippen molar-refractivity contribution < 1.29 is 4.79 Å². The molecule has 1 amide bonds. The summed E-state index contributed by atoms with van der Waals surface area (Å²) in [7, 11) is 0. The van der Waals surface area contributed by atoms with Crippen molar-refractivity contribution in [3.05, 3.63) is 57.8 Å². The standard InChI is InChI=1S/C16H16BrN3O/c1-2-7-20(16(21)15-8-14(17)10-19-15)11-13-5-3-12(9-18)4-6-13/h3-6,8,10,19H,2,7,11H2,1H3. The van der Waals surface area contributed by atoms with Crippen molar-refractivity contribution in [2.45, 2.75) is 19.9 Å². The van der Waals surface area contributed by atoms with Gasteiger partial charge in [0, 0.05) is 23.8 Å². The average Bonchev–Trinajstić information content (AvgIpc) is 2.93. The minimum atomic E-state index is -0.0214. The van der Waals surface area contributed by atoms with Crippen LogP contribution < -0.4 is 0 Å². The molecule has 0 spiro atoms. The van der Waals surface area contributed by atoms with Crippen LogP contribution in [0.15, 0.2) is 41.0 Å². The summed E-state index contributed by atoms with van der Waals surface area (Å²) in [6.07, 6.45) is 2.64. The highest BCUT2D eigenvalue weighted by molar-refractivity contribution is 9.10. The van der Waals surface area contributed by atoms with E-state index in [9.17, 15) is 4.79 Å². The molecule has 0 fully saturated rings. The van der Waals surface area contributed by atoms with Gasteiger partial charge < -0.3 is 9.88 Å². The number of carbonyl (C=O) groups excluding carboxylic acids is 1. The van der Waals surface area contributed by atoms with Crippen LogP contribution in [0.1, 0.15) is 35.0 Å². The van der Waals surface area contributed by atoms with Crippen molar-refractivity contribution in [2.75, 3.05) is 6.54 Å². The number of hydrogen-bond acceptors (Lipinski definition) is 2. The molecule has 108 valence electrons. The highest BCUT2D eigenvalue weighted by Crippen LogP contribution is 2.15. The molecule has 5 heteroatoms. The lowest BCUT2D eigenvalue weighted by Crippen LogP contribution is -2.31. The first-order chi connectivity index (χ1) is 10.1. The first-order valence-corrected chi connectivity index (χ1v) is 7.55. The molecule has 0 bridgehead atoms. The lowest BCUT2D eigenvalue weighted by Gasteiger charge is -2.21. The molecular weight excluding hydrogens is 330 g/mol. The van der Waals surface area contributed by atoms with E-state index in [1.165, 1.54) is 0 Å². The van der Waals surface area contributed by atoms with Gasteiger partial charge in [-0.25, -0.2) is 0 Å². The SMILES string of the molecule is CCCN(Cc1ccc(C#N)cc1)C(=O)c1cc(Br)c[nH]1. The Hall–Kier alpha value is -2.06. The number of rotatable bonds is 5. The molecule has 0 atom stereocenters. The Morgan fingerprint density at radius 1 is 1.38 bits per heavy atom. The summed E-state index contributed by atoms with van der Waals surface area (Å²) in [6, 6.07) is 11.2. The van der Waals surface area contributed by atoms with Gasteiger partial charge in [0.05, 0.1) is 11.6 Å². The largest absolute Gasteiger partial charge is 0.356 e. The third kappa shape index (κ3) is 3.96. The highest BCUT2D eigenvalue weighted by atomic mass is 79.9. The molecule has 0 aliphatic rings. The van der Waals surface area contributed by atoms with Crippen molar-refractivity contribution in [2.24, 2.45) is 0 Å². The van der Waals surface area contributed by atoms with E-state index in [0.717, 1.165) is 16.5 Å². The molecule has 2 aromatic rings. The molecule has 1 aromatic heterocycles. The third-order valence-corrected chi connectivity index (χ3v) is 3.57. The summed E-state index contributed by atoms with van der Waals surface area (Å²) >= 11 is 3.34. The van der Waals surface area contributed by atoms with Gasteiger partial charge in [-0.1, -0.05) is 19.1 Å². The lowest BCUT2D eigenvalue weighted by molar-refractivity contribution is 0.0738. The van der Waals surface area contributed by atoms with Crippen LogP contribution in [-0.2, 0) is 6.54 Å². The number of aromatic amines is 1. The van der Waals surface area contributed by atoms with Crippen LogP contribution in [0.25, 0.3) is 0 Å². The van der Waals surface area contributed by atoms with Crippen LogP contribution in [0, 0.1) is 11.3 Å². The first-order valence-electron chi connectivity index (χ1n) is 6.76. The molecule has 0 aliphatic heterocycles. The monoisotopic (exact) mass is 345 g/mol. The summed E-state index contributed by atoms with van der Waals surface area (Å²) in [5.41, 5.74) is 2.21. The van der Waals surface area contributed by atoms with Gasteiger partial charge in [-0.15, -0.1) is 0 Å². The molecule has 1 heterocycles. The van der Waals surface area contributed by atoms with Gasteiger partial charge in [0.2, 0.25) is 0 Å². The summed E-state index contributed by atoms with van der Waals surface area (Å²) in [5, 5.41) is 8.81. The molecular formula is C16H16BrN3O. The lowest BCUT2D eigenvalue weighted by atomic mass is 10.1. The van der Waals surface area contributed by atoms with Crippen molar-refractivity contribution in [3.63, 3.8) is 0 Å². The summed E-state index contributed by atoms with van der Waals surface area (Å²) in [6.45, 7) is 3.27. The number of H-pyrrole nitrogens is 1. The van der Waals surface area contributed by atoms with E-state index >= 15 is 0 Å². The zero-order chi connectivity index (χ0) is 15.2. The Morgan fingerprint density at radius 3 is 2.62 bits per heavy atom. The van der Waals surface area contributed by atoms with E-state index in [2.05, 4.69) is 27.0 Å². The van der Waals surface area contributed by atoms with Crippen LogP contribution in [0.2, 0.25) is 0 Å². The molecule has 0 saturated heterocycles. The Labute approximate surface area is 132 Å². The number of hydrogen-bond donors (Lipinski definition) is 1. The third-order valence-electron chi connectivity index (χ3n) is 3.12. The van der Waals surface area contributed by atoms with E-state index in [-0.39, 0.29) is 5.91 Å². The predicted octanol–water partition coefficient (Wildman–Crippen LogP) is 3.70. The van der Waals surface area contributed by atoms with Crippen molar-refractivity contribution in [1.29, 1.82) is 5.26 Å². The molecule has 1 aromatic carbocycles. The number of nitriles is 1. The topological polar surface area (TPSA) is 59.9 Å². The summed E-state index contributed by atoms with van der Waals surface area (Å²) < 4.78 is 0.862. The molecule has 0 saturated carbocycles. The van der Waals surface area contributed by atoms with Crippen molar-refractivity contribution in [1.82, 2.24) is 9.88 Å². The average molecular weight is 346 g/mol. The second-order valence-corrected chi connectivity index (χ2v) is 5.68. The van der Waals surface area contributed by atoms with Gasteiger partial charge >= 0.3 is 0 Å². The van der Waals surface area contributed by atoms with Gasteiger partial charge in [-0.3, -0.25) is 4.79 Å². The molecule has 0 radical (unpaired) electrons. The van der Waals surface area contributed by atoms with Crippen molar-refractivity contribution in [3.8, 4) is 6.07 Å². The number of aromatic nitrogens is 1. The Bertz CT molecular complexity index is 655. The number of nitrogens with zero attached hydrogens (tertiary/aromatic N) is 2. The van der Waals surface area contributed by atoms with Gasteiger partial charge in [0.25, 0.3) is 5.91 Å². The van der Waals surface area contributed by atoms with Crippen LogP contribution in [0.5, 0.6) is 0 Å². The number of halogens is 1. The maximum absolute atomic E-state index is 12.5. The minimum Gasteiger partial charge on any atom is -0.356 e. The van der Waals surface area contributed by atoms with Gasteiger partial charge in [0.15, 0.2) is 0 Å². The fourth-order valence-electron chi connectivity index (χ4n) is 2.09. The molecule has 1 N–H and O–H groups in total. The van der Waals surface area contributed by atoms with Gasteiger partial charge in [-0.2, -0.15) is 5.26 Å². The van der Waals surface area contributed by atoms with E-state index in [4.69, 9.17) is 5.26 Å². The highest BCUT2D eigenvalue weighted by Gasteiger charge is 2.16. The first kappa shape index (κ1) is 15.3. The zero-order valence-corrected chi connectivity index (χ0v) is 13.4. The van der Waals surface area contributed by atoms with E-state index < -0.39 is 0 Å². The zero-order valence-electron chi connectivity index (χ0n) is 11.8. The van der Waals surface area contributed by atoms with Gasteiger partial charge in [-0.05, 0) is 46.1 Å². The van der Waals surface area contributed by atoms with Crippen LogP contribution in [0.3, 0.4) is 0 Å². The Morgan fingerprint density at radius 2 is 2.10 bits per heavy atom. The molecule has 21 heavy (non-hydrogen) atoms. The number of nitrogens with one attached hydrogen (secondary N) is 1. The fraction of sp³-hybridized carbons (Fsp3) is 0.250. The number of benzene rings is 1. The van der Waals surface area contributed by atoms with E-state index in [1.807, 2.05) is 19.1 Å². The van der Waals surface area contributed by atoms with Crippen LogP contribution >= 0.6 is 15.9 Å². The smallest absolute Gasteiger partial charge is 0.270 e. The van der Waals surface area contributed by atoms with E-state index in [0.29, 0.717) is 24.3 Å². The van der Waals surface area contributed by atoms with Crippen LogP contribution in [0.4, 0.5) is 0 Å².